The van der Waals surface area contributed by atoms with Crippen molar-refractivity contribution in [1.82, 2.24) is 0 Å². The van der Waals surface area contributed by atoms with Gasteiger partial charge in [-0.15, -0.1) is 0 Å². The molecule has 0 saturated carbocycles. The molecule has 0 saturated heterocycles. The van der Waals surface area contributed by atoms with E-state index >= 15 is 0 Å². The van der Waals surface area contributed by atoms with Gasteiger partial charge in [0, 0.05) is 28.6 Å². The fraction of sp³-hybridized carbons (Fsp3) is 0.286. The number of hydrogen-bond acceptors (Lipinski definition) is 4. The van der Waals surface area contributed by atoms with Crippen LogP contribution in [-0.4, -0.2) is 11.5 Å². The van der Waals surface area contributed by atoms with Crippen molar-refractivity contribution < 1.29 is 4.92 Å². The number of nitro groups is 1. The van der Waals surface area contributed by atoms with E-state index in [1.165, 1.54) is 22.6 Å². The van der Waals surface area contributed by atoms with E-state index in [9.17, 15) is 10.1 Å². The van der Waals surface area contributed by atoms with Gasteiger partial charge in [0.1, 0.15) is 0 Å². The fourth-order valence-corrected chi connectivity index (χ4v) is 3.22. The maximum Gasteiger partial charge on any atom is 0.324 e. The molecule has 19 heavy (non-hydrogen) atoms. The monoisotopic (exact) mass is 274 g/mol. The lowest BCUT2D eigenvalue weighted by molar-refractivity contribution is -0.380. The Morgan fingerprint density at radius 3 is 2.79 bits per heavy atom. The number of nitrogens with one attached hydrogen (secondary N) is 1. The summed E-state index contributed by atoms with van der Waals surface area (Å²) in [7, 11) is 0. The SMILES string of the molecule is CC1(C)CNc2ccc(-c3ccc([N+](=O)[O-])s3)cc21. The molecule has 1 aromatic carbocycles. The zero-order valence-corrected chi connectivity index (χ0v) is 11.6. The van der Waals surface area contributed by atoms with Crippen LogP contribution < -0.4 is 5.32 Å². The maximum absolute atomic E-state index is 10.7. The van der Waals surface area contributed by atoms with Crippen molar-refractivity contribution in [3.8, 4) is 10.4 Å². The molecule has 2 aromatic rings. The summed E-state index contributed by atoms with van der Waals surface area (Å²) in [6.07, 6.45) is 0. The van der Waals surface area contributed by atoms with Crippen molar-refractivity contribution in [1.29, 1.82) is 0 Å². The summed E-state index contributed by atoms with van der Waals surface area (Å²) in [4.78, 5) is 11.3. The van der Waals surface area contributed by atoms with Gasteiger partial charge in [-0.1, -0.05) is 31.3 Å². The highest BCUT2D eigenvalue weighted by Crippen LogP contribution is 2.40. The van der Waals surface area contributed by atoms with Crippen molar-refractivity contribution in [2.75, 3.05) is 11.9 Å². The van der Waals surface area contributed by atoms with E-state index in [4.69, 9.17) is 0 Å². The van der Waals surface area contributed by atoms with Gasteiger partial charge >= 0.3 is 5.00 Å². The van der Waals surface area contributed by atoms with E-state index in [1.54, 1.807) is 6.07 Å². The third-order valence-corrected chi connectivity index (χ3v) is 4.61. The number of rotatable bonds is 2. The Balaban J connectivity index is 2.05. The van der Waals surface area contributed by atoms with Gasteiger partial charge in [0.15, 0.2) is 0 Å². The summed E-state index contributed by atoms with van der Waals surface area (Å²) in [5, 5.41) is 14.3. The third kappa shape index (κ3) is 2.00. The van der Waals surface area contributed by atoms with Gasteiger partial charge < -0.3 is 5.32 Å². The molecule has 0 aliphatic carbocycles. The average Bonchev–Trinajstić information content (AvgIpc) is 2.95. The highest BCUT2D eigenvalue weighted by atomic mass is 32.1. The molecule has 0 atom stereocenters. The number of anilines is 1. The number of nitrogens with zero attached hydrogens (tertiary/aromatic N) is 1. The largest absolute Gasteiger partial charge is 0.384 e. The molecule has 1 aromatic heterocycles. The minimum Gasteiger partial charge on any atom is -0.384 e. The summed E-state index contributed by atoms with van der Waals surface area (Å²) >= 11 is 1.22. The predicted molar refractivity (Wildman–Crippen MR) is 77.9 cm³/mol. The molecule has 4 nitrogen and oxygen atoms in total. The number of hydrogen-bond donors (Lipinski definition) is 1. The van der Waals surface area contributed by atoms with Crippen LogP contribution in [0.15, 0.2) is 30.3 Å². The molecule has 98 valence electrons. The minimum absolute atomic E-state index is 0.106. The normalized spacial score (nSPS) is 15.9. The molecule has 3 rings (SSSR count). The lowest BCUT2D eigenvalue weighted by Gasteiger charge is -2.17. The standard InChI is InChI=1S/C14H14N2O2S/c1-14(2)8-15-11-4-3-9(7-10(11)14)12-5-6-13(19-12)16(17)18/h3-7,15H,8H2,1-2H3. The van der Waals surface area contributed by atoms with Gasteiger partial charge in [0.2, 0.25) is 0 Å². The van der Waals surface area contributed by atoms with E-state index in [0.29, 0.717) is 0 Å². The predicted octanol–water partition coefficient (Wildman–Crippen LogP) is 4.03. The lowest BCUT2D eigenvalue weighted by atomic mass is 9.86. The molecular weight excluding hydrogens is 260 g/mol. The molecule has 0 fully saturated rings. The van der Waals surface area contributed by atoms with Gasteiger partial charge in [0.25, 0.3) is 0 Å². The molecule has 0 amide bonds. The zero-order valence-electron chi connectivity index (χ0n) is 10.8. The molecule has 1 aliphatic rings. The summed E-state index contributed by atoms with van der Waals surface area (Å²) < 4.78 is 0. The number of benzene rings is 1. The molecule has 0 spiro atoms. The first-order valence-electron chi connectivity index (χ1n) is 6.10. The van der Waals surface area contributed by atoms with Crippen LogP contribution in [0.4, 0.5) is 10.7 Å². The number of thiophene rings is 1. The first-order chi connectivity index (χ1) is 8.97. The van der Waals surface area contributed by atoms with Gasteiger partial charge in [0.05, 0.1) is 4.92 Å². The smallest absolute Gasteiger partial charge is 0.324 e. The summed E-state index contributed by atoms with van der Waals surface area (Å²) in [6.45, 7) is 5.33. The van der Waals surface area contributed by atoms with Crippen LogP contribution in [0.25, 0.3) is 10.4 Å². The van der Waals surface area contributed by atoms with Crippen LogP contribution in [0.3, 0.4) is 0 Å². The fourth-order valence-electron chi connectivity index (χ4n) is 2.40. The van der Waals surface area contributed by atoms with Gasteiger partial charge in [-0.05, 0) is 29.3 Å². The highest BCUT2D eigenvalue weighted by Gasteiger charge is 2.29. The molecule has 0 unspecified atom stereocenters. The highest BCUT2D eigenvalue weighted by molar-refractivity contribution is 7.18. The Morgan fingerprint density at radius 1 is 1.32 bits per heavy atom. The Labute approximate surface area is 115 Å². The van der Waals surface area contributed by atoms with E-state index in [-0.39, 0.29) is 15.3 Å². The zero-order chi connectivity index (χ0) is 13.6. The first kappa shape index (κ1) is 12.2. The van der Waals surface area contributed by atoms with Crippen LogP contribution in [-0.2, 0) is 5.41 Å². The second-order valence-electron chi connectivity index (χ2n) is 5.39. The Bertz CT molecular complexity index is 661. The minimum atomic E-state index is -0.340. The molecular formula is C14H14N2O2S. The van der Waals surface area contributed by atoms with E-state index < -0.39 is 0 Å². The molecule has 5 heteroatoms. The number of fused-ring (bicyclic) bond motifs is 1. The van der Waals surface area contributed by atoms with Crippen LogP contribution in [0.5, 0.6) is 0 Å². The van der Waals surface area contributed by atoms with Crippen LogP contribution in [0, 0.1) is 10.1 Å². The summed E-state index contributed by atoms with van der Waals surface area (Å²) in [5.41, 5.74) is 3.60. The Kier molecular flexibility index (Phi) is 2.60. The second-order valence-corrected chi connectivity index (χ2v) is 6.46. The van der Waals surface area contributed by atoms with Crippen molar-refractivity contribution >= 4 is 22.0 Å². The van der Waals surface area contributed by atoms with Crippen molar-refractivity contribution in [3.63, 3.8) is 0 Å². The maximum atomic E-state index is 10.7. The van der Waals surface area contributed by atoms with E-state index in [0.717, 1.165) is 17.0 Å². The Hall–Kier alpha value is -1.88. The van der Waals surface area contributed by atoms with Gasteiger partial charge in [-0.2, -0.15) is 0 Å². The molecule has 0 radical (unpaired) electrons. The Morgan fingerprint density at radius 2 is 2.11 bits per heavy atom. The molecule has 1 N–H and O–H groups in total. The average molecular weight is 274 g/mol. The quantitative estimate of drug-likeness (QED) is 0.664. The molecule has 0 bridgehead atoms. The van der Waals surface area contributed by atoms with E-state index in [1.807, 2.05) is 12.1 Å². The van der Waals surface area contributed by atoms with Crippen LogP contribution in [0.1, 0.15) is 19.4 Å². The molecule has 2 heterocycles. The topological polar surface area (TPSA) is 55.2 Å². The first-order valence-corrected chi connectivity index (χ1v) is 6.92. The van der Waals surface area contributed by atoms with Crippen molar-refractivity contribution in [3.05, 3.63) is 46.0 Å². The van der Waals surface area contributed by atoms with Gasteiger partial charge in [-0.25, -0.2) is 0 Å². The lowest BCUT2D eigenvalue weighted by Crippen LogP contribution is -2.18. The molecule has 1 aliphatic heterocycles. The van der Waals surface area contributed by atoms with Crippen LogP contribution >= 0.6 is 11.3 Å². The van der Waals surface area contributed by atoms with Crippen molar-refractivity contribution in [2.24, 2.45) is 0 Å². The van der Waals surface area contributed by atoms with Crippen molar-refractivity contribution in [2.45, 2.75) is 19.3 Å². The second kappa shape index (κ2) is 4.06. The van der Waals surface area contributed by atoms with Crippen LogP contribution in [0.2, 0.25) is 0 Å². The van der Waals surface area contributed by atoms with Gasteiger partial charge in [-0.3, -0.25) is 10.1 Å². The van der Waals surface area contributed by atoms with E-state index in [2.05, 4.69) is 31.3 Å². The third-order valence-electron chi connectivity index (χ3n) is 3.53. The summed E-state index contributed by atoms with van der Waals surface area (Å²) in [6, 6.07) is 9.61. The summed E-state index contributed by atoms with van der Waals surface area (Å²) in [5.74, 6) is 0.